The average molecular weight is 222 g/mol. The third kappa shape index (κ3) is 2.08. The third-order valence-corrected chi connectivity index (χ3v) is 2.87. The lowest BCUT2D eigenvalue weighted by atomic mass is 9.98. The van der Waals surface area contributed by atoms with Crippen molar-refractivity contribution in [1.82, 2.24) is 9.97 Å². The predicted octanol–water partition coefficient (Wildman–Crippen LogP) is 1.34. The highest BCUT2D eigenvalue weighted by atomic mass is 16.5. The minimum atomic E-state index is -0.109. The summed E-state index contributed by atoms with van der Waals surface area (Å²) < 4.78 is 5.55. The first kappa shape index (κ1) is 11.5. The number of nitrogens with zero attached hydrogens (tertiary/aromatic N) is 2. The SMILES string of the molecule is Cc1nc2c(c(C(C)C)n1)COC(CO)C2. The van der Waals surface area contributed by atoms with E-state index in [1.807, 2.05) is 6.92 Å². The second-order valence-electron chi connectivity index (χ2n) is 4.56. The van der Waals surface area contributed by atoms with Crippen LogP contribution in [0, 0.1) is 6.92 Å². The Morgan fingerprint density at radius 3 is 2.81 bits per heavy atom. The van der Waals surface area contributed by atoms with Gasteiger partial charge in [-0.1, -0.05) is 13.8 Å². The fourth-order valence-corrected chi connectivity index (χ4v) is 2.07. The number of aliphatic hydroxyl groups is 1. The van der Waals surface area contributed by atoms with Gasteiger partial charge in [-0.2, -0.15) is 0 Å². The standard InChI is InChI=1S/C12H18N2O2/c1-7(2)12-10-6-16-9(5-15)4-11(10)13-8(3)14-12/h7,9,15H,4-6H2,1-3H3. The number of aliphatic hydroxyl groups excluding tert-OH is 1. The molecule has 0 spiro atoms. The molecule has 1 aliphatic heterocycles. The van der Waals surface area contributed by atoms with E-state index >= 15 is 0 Å². The molecule has 2 rings (SSSR count). The van der Waals surface area contributed by atoms with Crippen molar-refractivity contribution in [3.8, 4) is 0 Å². The first-order valence-electron chi connectivity index (χ1n) is 5.70. The molecule has 88 valence electrons. The van der Waals surface area contributed by atoms with Crippen molar-refractivity contribution in [3.05, 3.63) is 22.8 Å². The Balaban J connectivity index is 2.41. The van der Waals surface area contributed by atoms with Crippen LogP contribution in [0.2, 0.25) is 0 Å². The van der Waals surface area contributed by atoms with Crippen LogP contribution in [0.1, 0.15) is 42.5 Å². The smallest absolute Gasteiger partial charge is 0.125 e. The lowest BCUT2D eigenvalue weighted by Crippen LogP contribution is -2.28. The number of hydrogen-bond acceptors (Lipinski definition) is 4. The van der Waals surface area contributed by atoms with Gasteiger partial charge in [0.05, 0.1) is 30.7 Å². The van der Waals surface area contributed by atoms with Crippen molar-refractivity contribution >= 4 is 0 Å². The van der Waals surface area contributed by atoms with Crippen LogP contribution in [-0.2, 0) is 17.8 Å². The van der Waals surface area contributed by atoms with Gasteiger partial charge in [0.15, 0.2) is 0 Å². The summed E-state index contributed by atoms with van der Waals surface area (Å²) in [5.41, 5.74) is 3.24. The van der Waals surface area contributed by atoms with E-state index in [0.717, 1.165) is 22.8 Å². The second kappa shape index (κ2) is 4.47. The average Bonchev–Trinajstić information content (AvgIpc) is 2.26. The maximum atomic E-state index is 9.10. The van der Waals surface area contributed by atoms with Crippen LogP contribution in [0.15, 0.2) is 0 Å². The fourth-order valence-electron chi connectivity index (χ4n) is 2.07. The van der Waals surface area contributed by atoms with E-state index in [-0.39, 0.29) is 12.7 Å². The second-order valence-corrected chi connectivity index (χ2v) is 4.56. The topological polar surface area (TPSA) is 55.2 Å². The summed E-state index contributed by atoms with van der Waals surface area (Å²) in [5, 5.41) is 9.10. The molecule has 1 unspecified atom stereocenters. The normalized spacial score (nSPS) is 19.9. The van der Waals surface area contributed by atoms with E-state index in [4.69, 9.17) is 9.84 Å². The highest BCUT2D eigenvalue weighted by Gasteiger charge is 2.24. The van der Waals surface area contributed by atoms with Crippen LogP contribution in [-0.4, -0.2) is 27.8 Å². The summed E-state index contributed by atoms with van der Waals surface area (Å²) in [7, 11) is 0. The molecule has 1 aliphatic rings. The van der Waals surface area contributed by atoms with Gasteiger partial charge in [-0.05, 0) is 12.8 Å². The lowest BCUT2D eigenvalue weighted by Gasteiger charge is -2.25. The number of fused-ring (bicyclic) bond motifs is 1. The number of aryl methyl sites for hydroxylation is 1. The molecule has 0 radical (unpaired) electrons. The van der Waals surface area contributed by atoms with Crippen LogP contribution < -0.4 is 0 Å². The van der Waals surface area contributed by atoms with Crippen molar-refractivity contribution in [2.45, 2.75) is 45.8 Å². The molecule has 1 N–H and O–H groups in total. The Kier molecular flexibility index (Phi) is 3.21. The zero-order valence-corrected chi connectivity index (χ0v) is 10.0. The minimum absolute atomic E-state index is 0.0551. The van der Waals surface area contributed by atoms with Gasteiger partial charge in [-0.15, -0.1) is 0 Å². The monoisotopic (exact) mass is 222 g/mol. The van der Waals surface area contributed by atoms with Gasteiger partial charge in [0.25, 0.3) is 0 Å². The minimum Gasteiger partial charge on any atom is -0.394 e. The molecule has 0 bridgehead atoms. The van der Waals surface area contributed by atoms with Crippen molar-refractivity contribution in [2.75, 3.05) is 6.61 Å². The summed E-state index contributed by atoms with van der Waals surface area (Å²) in [6, 6.07) is 0. The van der Waals surface area contributed by atoms with Crippen LogP contribution in [0.4, 0.5) is 0 Å². The number of hydrogen-bond donors (Lipinski definition) is 1. The number of ether oxygens (including phenoxy) is 1. The zero-order chi connectivity index (χ0) is 11.7. The van der Waals surface area contributed by atoms with E-state index in [2.05, 4.69) is 23.8 Å². The molecular formula is C12H18N2O2. The first-order valence-corrected chi connectivity index (χ1v) is 5.70. The van der Waals surface area contributed by atoms with Crippen molar-refractivity contribution in [2.24, 2.45) is 0 Å². The predicted molar refractivity (Wildman–Crippen MR) is 60.2 cm³/mol. The highest BCUT2D eigenvalue weighted by molar-refractivity contribution is 5.29. The largest absolute Gasteiger partial charge is 0.394 e. The molecule has 16 heavy (non-hydrogen) atoms. The van der Waals surface area contributed by atoms with E-state index in [1.54, 1.807) is 0 Å². The Labute approximate surface area is 95.7 Å². The first-order chi connectivity index (χ1) is 7.61. The maximum Gasteiger partial charge on any atom is 0.125 e. The molecule has 0 amide bonds. The highest BCUT2D eigenvalue weighted by Crippen LogP contribution is 2.26. The molecule has 0 fully saturated rings. The van der Waals surface area contributed by atoms with Crippen molar-refractivity contribution in [3.63, 3.8) is 0 Å². The molecule has 4 nitrogen and oxygen atoms in total. The maximum absolute atomic E-state index is 9.10. The summed E-state index contributed by atoms with van der Waals surface area (Å²) in [6.45, 7) is 6.74. The summed E-state index contributed by atoms with van der Waals surface area (Å²) in [5.74, 6) is 1.19. The molecule has 4 heteroatoms. The quantitative estimate of drug-likeness (QED) is 0.820. The van der Waals surface area contributed by atoms with Gasteiger partial charge in [0.1, 0.15) is 5.82 Å². The van der Waals surface area contributed by atoms with Crippen LogP contribution >= 0.6 is 0 Å². The Bertz CT molecular complexity index is 391. The number of rotatable bonds is 2. The number of aromatic nitrogens is 2. The lowest BCUT2D eigenvalue weighted by molar-refractivity contribution is -0.00895. The summed E-state index contributed by atoms with van der Waals surface area (Å²) >= 11 is 0. The molecule has 0 saturated heterocycles. The molecule has 1 aromatic heterocycles. The van der Waals surface area contributed by atoms with E-state index < -0.39 is 0 Å². The van der Waals surface area contributed by atoms with Crippen LogP contribution in [0.3, 0.4) is 0 Å². The Morgan fingerprint density at radius 1 is 1.44 bits per heavy atom. The molecule has 1 atom stereocenters. The molecule has 0 aromatic carbocycles. The van der Waals surface area contributed by atoms with Gasteiger partial charge >= 0.3 is 0 Å². The van der Waals surface area contributed by atoms with Crippen LogP contribution in [0.25, 0.3) is 0 Å². The van der Waals surface area contributed by atoms with E-state index in [1.165, 1.54) is 0 Å². The zero-order valence-electron chi connectivity index (χ0n) is 10.0. The van der Waals surface area contributed by atoms with E-state index in [0.29, 0.717) is 18.9 Å². The summed E-state index contributed by atoms with van der Waals surface area (Å²) in [6.07, 6.45) is 0.580. The van der Waals surface area contributed by atoms with Gasteiger partial charge in [-0.3, -0.25) is 0 Å². The van der Waals surface area contributed by atoms with Crippen molar-refractivity contribution < 1.29 is 9.84 Å². The molecule has 2 heterocycles. The van der Waals surface area contributed by atoms with Crippen LogP contribution in [0.5, 0.6) is 0 Å². The Morgan fingerprint density at radius 2 is 2.19 bits per heavy atom. The van der Waals surface area contributed by atoms with E-state index in [9.17, 15) is 0 Å². The van der Waals surface area contributed by atoms with Gasteiger partial charge in [-0.25, -0.2) is 9.97 Å². The van der Waals surface area contributed by atoms with Gasteiger partial charge in [0, 0.05) is 12.0 Å². The van der Waals surface area contributed by atoms with Gasteiger partial charge < -0.3 is 9.84 Å². The van der Waals surface area contributed by atoms with Crippen molar-refractivity contribution in [1.29, 1.82) is 0 Å². The molecule has 0 aliphatic carbocycles. The van der Waals surface area contributed by atoms with Gasteiger partial charge in [0.2, 0.25) is 0 Å². The Hall–Kier alpha value is -1.00. The molecule has 1 aromatic rings. The fraction of sp³-hybridized carbons (Fsp3) is 0.667. The molecule has 0 saturated carbocycles. The molecular weight excluding hydrogens is 204 g/mol. The summed E-state index contributed by atoms with van der Waals surface area (Å²) in [4.78, 5) is 8.94. The third-order valence-electron chi connectivity index (χ3n) is 2.87.